The standard InChI is InChI=1S/C17H16Cl2O3/c1-10-3-6-14(7-11(10)2)22-16(17(20)21)8-12-4-5-13(18)9-15(12)19/h3-7,9,16H,8H2,1-2H3,(H,20,21)/t16-/m0/s1. The second-order valence-corrected chi connectivity index (χ2v) is 5.97. The van der Waals surface area contributed by atoms with Gasteiger partial charge in [0.1, 0.15) is 5.75 Å². The SMILES string of the molecule is Cc1ccc(O[C@@H](Cc2ccc(Cl)cc2Cl)C(=O)O)cc1C. The second-order valence-electron chi connectivity index (χ2n) is 5.13. The maximum atomic E-state index is 11.4. The van der Waals surface area contributed by atoms with Gasteiger partial charge in [0.05, 0.1) is 0 Å². The Morgan fingerprint density at radius 1 is 1.14 bits per heavy atom. The zero-order valence-corrected chi connectivity index (χ0v) is 13.8. The molecule has 2 aromatic carbocycles. The van der Waals surface area contributed by atoms with E-state index in [9.17, 15) is 9.90 Å². The molecule has 116 valence electrons. The molecule has 0 aromatic heterocycles. The van der Waals surface area contributed by atoms with Crippen molar-refractivity contribution in [2.24, 2.45) is 0 Å². The van der Waals surface area contributed by atoms with Gasteiger partial charge >= 0.3 is 5.97 Å². The first-order chi connectivity index (χ1) is 10.4. The van der Waals surface area contributed by atoms with E-state index < -0.39 is 12.1 Å². The minimum Gasteiger partial charge on any atom is -0.478 e. The van der Waals surface area contributed by atoms with Gasteiger partial charge < -0.3 is 9.84 Å². The smallest absolute Gasteiger partial charge is 0.345 e. The van der Waals surface area contributed by atoms with Crippen LogP contribution in [0.5, 0.6) is 5.75 Å². The molecule has 0 heterocycles. The molecule has 0 aliphatic rings. The predicted molar refractivity (Wildman–Crippen MR) is 88.1 cm³/mol. The zero-order chi connectivity index (χ0) is 16.3. The summed E-state index contributed by atoms with van der Waals surface area (Å²) in [6, 6.07) is 10.5. The van der Waals surface area contributed by atoms with Gasteiger partial charge in [-0.2, -0.15) is 0 Å². The molecular weight excluding hydrogens is 323 g/mol. The van der Waals surface area contributed by atoms with Gasteiger partial charge in [-0.3, -0.25) is 0 Å². The lowest BCUT2D eigenvalue weighted by Gasteiger charge is -2.17. The minimum atomic E-state index is -1.04. The number of hydrogen-bond acceptors (Lipinski definition) is 2. The maximum absolute atomic E-state index is 11.4. The predicted octanol–water partition coefficient (Wildman–Crippen LogP) is 4.68. The van der Waals surface area contributed by atoms with Gasteiger partial charge in [-0.1, -0.05) is 35.3 Å². The molecule has 2 aromatic rings. The molecule has 0 saturated carbocycles. The number of hydrogen-bond donors (Lipinski definition) is 1. The first kappa shape index (κ1) is 16.7. The van der Waals surface area contributed by atoms with Gasteiger partial charge in [0.2, 0.25) is 0 Å². The molecule has 22 heavy (non-hydrogen) atoms. The topological polar surface area (TPSA) is 46.5 Å². The van der Waals surface area contributed by atoms with E-state index in [1.54, 1.807) is 24.3 Å². The van der Waals surface area contributed by atoms with Crippen LogP contribution in [0.4, 0.5) is 0 Å². The van der Waals surface area contributed by atoms with E-state index in [2.05, 4.69) is 0 Å². The number of halogens is 2. The highest BCUT2D eigenvalue weighted by atomic mass is 35.5. The highest BCUT2D eigenvalue weighted by Gasteiger charge is 2.21. The molecule has 0 aliphatic heterocycles. The summed E-state index contributed by atoms with van der Waals surface area (Å²) in [6.45, 7) is 3.94. The van der Waals surface area contributed by atoms with Crippen LogP contribution in [0, 0.1) is 13.8 Å². The lowest BCUT2D eigenvalue weighted by molar-refractivity contribution is -0.145. The van der Waals surface area contributed by atoms with Gasteiger partial charge in [0, 0.05) is 16.5 Å². The van der Waals surface area contributed by atoms with E-state index in [1.165, 1.54) is 0 Å². The Balaban J connectivity index is 2.19. The lowest BCUT2D eigenvalue weighted by atomic mass is 10.1. The Kier molecular flexibility index (Phi) is 5.33. The quantitative estimate of drug-likeness (QED) is 0.860. The van der Waals surface area contributed by atoms with Gasteiger partial charge in [-0.25, -0.2) is 4.79 Å². The number of benzene rings is 2. The number of aryl methyl sites for hydroxylation is 2. The number of carbonyl (C=O) groups is 1. The van der Waals surface area contributed by atoms with Crippen LogP contribution in [0.2, 0.25) is 10.0 Å². The van der Waals surface area contributed by atoms with Crippen molar-refractivity contribution in [3.05, 3.63) is 63.1 Å². The van der Waals surface area contributed by atoms with Crippen molar-refractivity contribution < 1.29 is 14.6 Å². The van der Waals surface area contributed by atoms with Crippen LogP contribution < -0.4 is 4.74 Å². The monoisotopic (exact) mass is 338 g/mol. The van der Waals surface area contributed by atoms with Crippen LogP contribution >= 0.6 is 23.2 Å². The molecule has 3 nitrogen and oxygen atoms in total. The van der Waals surface area contributed by atoms with Crippen LogP contribution in [0.1, 0.15) is 16.7 Å². The summed E-state index contributed by atoms with van der Waals surface area (Å²) in [7, 11) is 0. The number of carboxylic acids is 1. The third kappa shape index (κ3) is 4.15. The van der Waals surface area contributed by atoms with Crippen LogP contribution in [0.15, 0.2) is 36.4 Å². The Bertz CT molecular complexity index is 698. The van der Waals surface area contributed by atoms with Crippen molar-refractivity contribution in [2.75, 3.05) is 0 Å². The zero-order valence-electron chi connectivity index (χ0n) is 12.3. The fourth-order valence-electron chi connectivity index (χ4n) is 2.02. The molecule has 0 spiro atoms. The summed E-state index contributed by atoms with van der Waals surface area (Å²) >= 11 is 11.9. The van der Waals surface area contributed by atoms with Crippen molar-refractivity contribution in [2.45, 2.75) is 26.4 Å². The third-order valence-electron chi connectivity index (χ3n) is 3.45. The molecule has 0 fully saturated rings. The molecule has 0 amide bonds. The van der Waals surface area contributed by atoms with E-state index in [1.807, 2.05) is 26.0 Å². The van der Waals surface area contributed by atoms with E-state index in [0.29, 0.717) is 21.4 Å². The molecule has 1 N–H and O–H groups in total. The van der Waals surface area contributed by atoms with Crippen LogP contribution in [0.3, 0.4) is 0 Å². The second kappa shape index (κ2) is 7.03. The summed E-state index contributed by atoms with van der Waals surface area (Å²) in [6.07, 6.45) is -0.848. The van der Waals surface area contributed by atoms with E-state index >= 15 is 0 Å². The van der Waals surface area contributed by atoms with E-state index in [4.69, 9.17) is 27.9 Å². The molecule has 0 radical (unpaired) electrons. The minimum absolute atomic E-state index is 0.165. The highest BCUT2D eigenvalue weighted by molar-refractivity contribution is 6.35. The Hall–Kier alpha value is -1.71. The molecule has 5 heteroatoms. The molecule has 2 rings (SSSR count). The van der Waals surface area contributed by atoms with Crippen molar-refractivity contribution in [3.8, 4) is 5.75 Å². The summed E-state index contributed by atoms with van der Waals surface area (Å²) in [4.78, 5) is 11.4. The normalized spacial score (nSPS) is 12.0. The van der Waals surface area contributed by atoms with Crippen LogP contribution in [-0.4, -0.2) is 17.2 Å². The third-order valence-corrected chi connectivity index (χ3v) is 4.04. The first-order valence-electron chi connectivity index (χ1n) is 6.77. The Morgan fingerprint density at radius 2 is 1.86 bits per heavy atom. The van der Waals surface area contributed by atoms with Gasteiger partial charge in [0.15, 0.2) is 6.10 Å². The number of carboxylic acid groups (broad SMARTS) is 1. The van der Waals surface area contributed by atoms with Crippen molar-refractivity contribution in [1.29, 1.82) is 0 Å². The van der Waals surface area contributed by atoms with E-state index in [-0.39, 0.29) is 6.42 Å². The van der Waals surface area contributed by atoms with Gasteiger partial charge in [-0.05, 0) is 54.8 Å². The molecule has 0 bridgehead atoms. The number of ether oxygens (including phenoxy) is 1. The average Bonchev–Trinajstić information content (AvgIpc) is 2.44. The number of rotatable bonds is 5. The van der Waals surface area contributed by atoms with Crippen LogP contribution in [0.25, 0.3) is 0 Å². The Labute approximate surface area is 139 Å². The van der Waals surface area contributed by atoms with Gasteiger partial charge in [-0.15, -0.1) is 0 Å². The van der Waals surface area contributed by atoms with Crippen molar-refractivity contribution in [3.63, 3.8) is 0 Å². The molecule has 0 unspecified atom stereocenters. The van der Waals surface area contributed by atoms with Crippen molar-refractivity contribution >= 4 is 29.2 Å². The maximum Gasteiger partial charge on any atom is 0.345 e. The fraction of sp³-hybridized carbons (Fsp3) is 0.235. The molecular formula is C17H16Cl2O3. The summed E-state index contributed by atoms with van der Waals surface area (Å²) < 4.78 is 5.61. The van der Waals surface area contributed by atoms with E-state index in [0.717, 1.165) is 11.1 Å². The largest absolute Gasteiger partial charge is 0.478 e. The fourth-order valence-corrected chi connectivity index (χ4v) is 2.50. The highest BCUT2D eigenvalue weighted by Crippen LogP contribution is 2.24. The van der Waals surface area contributed by atoms with Crippen molar-refractivity contribution in [1.82, 2.24) is 0 Å². The number of aliphatic carboxylic acids is 1. The molecule has 0 saturated heterocycles. The summed E-state index contributed by atoms with van der Waals surface area (Å²) in [5.41, 5.74) is 2.86. The average molecular weight is 339 g/mol. The first-order valence-corrected chi connectivity index (χ1v) is 7.53. The van der Waals surface area contributed by atoms with Crippen LogP contribution in [-0.2, 0) is 11.2 Å². The van der Waals surface area contributed by atoms with Gasteiger partial charge in [0.25, 0.3) is 0 Å². The lowest BCUT2D eigenvalue weighted by Crippen LogP contribution is -2.29. The molecule has 1 atom stereocenters. The summed E-state index contributed by atoms with van der Waals surface area (Å²) in [5.74, 6) is -0.509. The molecule has 0 aliphatic carbocycles. The summed E-state index contributed by atoms with van der Waals surface area (Å²) in [5, 5.41) is 10.3. The Morgan fingerprint density at radius 3 is 2.45 bits per heavy atom.